The molecule has 0 bridgehead atoms. The highest BCUT2D eigenvalue weighted by molar-refractivity contribution is 5.95. The summed E-state index contributed by atoms with van der Waals surface area (Å²) in [4.78, 5) is 19.0. The fraction of sp³-hybridized carbons (Fsp3) is 0.391. The van der Waals surface area contributed by atoms with Gasteiger partial charge in [0.2, 0.25) is 5.91 Å². The molecule has 1 aliphatic heterocycles. The van der Waals surface area contributed by atoms with E-state index in [0.29, 0.717) is 12.5 Å². The van der Waals surface area contributed by atoms with Crippen LogP contribution in [0.4, 0.5) is 0 Å². The van der Waals surface area contributed by atoms with Crippen LogP contribution >= 0.6 is 0 Å². The lowest BCUT2D eigenvalue weighted by Crippen LogP contribution is -2.37. The molecule has 1 aromatic carbocycles. The summed E-state index contributed by atoms with van der Waals surface area (Å²) in [5, 5.41) is 10.1. The molecule has 0 saturated heterocycles. The molecule has 0 atom stereocenters. The van der Waals surface area contributed by atoms with Crippen molar-refractivity contribution in [3.8, 4) is 22.5 Å². The predicted molar refractivity (Wildman–Crippen MR) is 119 cm³/mol. The Morgan fingerprint density at radius 2 is 1.90 bits per heavy atom. The fourth-order valence-electron chi connectivity index (χ4n) is 4.51. The van der Waals surface area contributed by atoms with E-state index in [1.54, 1.807) is 11.6 Å². The van der Waals surface area contributed by atoms with E-state index < -0.39 is 0 Å². The zero-order chi connectivity index (χ0) is 21.9. The van der Waals surface area contributed by atoms with Gasteiger partial charge in [-0.25, -0.2) is 4.98 Å². The number of rotatable bonds is 3. The van der Waals surface area contributed by atoms with Crippen LogP contribution in [0.25, 0.3) is 33.4 Å². The number of hydrogen-bond acceptors (Lipinski definition) is 4. The van der Waals surface area contributed by atoms with Gasteiger partial charge >= 0.3 is 0 Å². The summed E-state index contributed by atoms with van der Waals surface area (Å²) in [5.41, 5.74) is 6.07. The summed E-state index contributed by atoms with van der Waals surface area (Å²) in [6.45, 7) is 8.07. The lowest BCUT2D eigenvalue weighted by molar-refractivity contribution is -0.130. The highest BCUT2D eigenvalue weighted by Gasteiger charge is 2.27. The van der Waals surface area contributed by atoms with Crippen molar-refractivity contribution in [3.05, 3.63) is 42.1 Å². The number of aryl methyl sites for hydroxylation is 2. The Morgan fingerprint density at radius 1 is 1.10 bits per heavy atom. The zero-order valence-electron chi connectivity index (χ0n) is 18.6. The molecule has 31 heavy (non-hydrogen) atoms. The first-order valence-corrected chi connectivity index (χ1v) is 10.6. The highest BCUT2D eigenvalue weighted by atomic mass is 16.2. The summed E-state index contributed by atoms with van der Waals surface area (Å²) in [6.07, 6.45) is 3.82. The number of imidazole rings is 1. The molecule has 0 fully saturated rings. The Hall–Kier alpha value is -3.42. The van der Waals surface area contributed by atoms with Crippen LogP contribution in [-0.2, 0) is 32.0 Å². The number of benzene rings is 1. The number of carbonyl (C=O) groups is 1. The summed E-state index contributed by atoms with van der Waals surface area (Å²) in [6, 6.07) is 6.38. The van der Waals surface area contributed by atoms with Crippen LogP contribution < -0.4 is 0 Å². The monoisotopic (exact) mass is 417 g/mol. The van der Waals surface area contributed by atoms with Gasteiger partial charge in [0.25, 0.3) is 0 Å². The number of carbonyl (C=O) groups excluding carboxylic acids is 1. The number of nitrogens with zero attached hydrogens (tertiary/aromatic N) is 7. The van der Waals surface area contributed by atoms with Gasteiger partial charge in [0.05, 0.1) is 29.6 Å². The third-order valence-corrected chi connectivity index (χ3v) is 6.10. The number of fused-ring (bicyclic) bond motifs is 2. The summed E-state index contributed by atoms with van der Waals surface area (Å²) in [5.74, 6) is 1.49. The van der Waals surface area contributed by atoms with Crippen molar-refractivity contribution in [3.63, 3.8) is 0 Å². The molecular weight excluding hydrogens is 390 g/mol. The van der Waals surface area contributed by atoms with Crippen molar-refractivity contribution in [1.29, 1.82) is 0 Å². The third-order valence-electron chi connectivity index (χ3n) is 6.10. The second kappa shape index (κ2) is 7.08. The first-order valence-electron chi connectivity index (χ1n) is 10.6. The van der Waals surface area contributed by atoms with E-state index in [9.17, 15) is 4.79 Å². The third kappa shape index (κ3) is 3.13. The number of amides is 1. The molecular formula is C23H27N7O. The topological polar surface area (TPSA) is 73.8 Å². The van der Waals surface area contributed by atoms with Crippen molar-refractivity contribution in [2.24, 2.45) is 14.1 Å². The summed E-state index contributed by atoms with van der Waals surface area (Å²) < 4.78 is 5.99. The van der Waals surface area contributed by atoms with Crippen molar-refractivity contribution in [1.82, 2.24) is 34.0 Å². The summed E-state index contributed by atoms with van der Waals surface area (Å²) in [7, 11) is 3.87. The van der Waals surface area contributed by atoms with Crippen molar-refractivity contribution in [2.75, 3.05) is 6.54 Å². The maximum absolute atomic E-state index is 12.1. The van der Waals surface area contributed by atoms with Crippen molar-refractivity contribution in [2.45, 2.75) is 39.8 Å². The van der Waals surface area contributed by atoms with Gasteiger partial charge in [-0.15, -0.1) is 0 Å². The molecule has 0 spiro atoms. The van der Waals surface area contributed by atoms with Gasteiger partial charge < -0.3 is 9.47 Å². The van der Waals surface area contributed by atoms with Gasteiger partial charge in [0.1, 0.15) is 11.5 Å². The maximum Gasteiger partial charge on any atom is 0.219 e. The maximum atomic E-state index is 12.1. The smallest absolute Gasteiger partial charge is 0.219 e. The second-order valence-electron chi connectivity index (χ2n) is 8.62. The lowest BCUT2D eigenvalue weighted by atomic mass is 10.0. The SMILES string of the molecule is CC(=O)N1CCn2c(C(C)C)nc(-c3ccc4c(c3)c(-c3cnn(C)c3)nn4C)c2C1. The summed E-state index contributed by atoms with van der Waals surface area (Å²) >= 11 is 0. The lowest BCUT2D eigenvalue weighted by Gasteiger charge is -2.29. The molecule has 8 heteroatoms. The van der Waals surface area contributed by atoms with E-state index >= 15 is 0 Å². The second-order valence-corrected chi connectivity index (χ2v) is 8.62. The normalized spacial score (nSPS) is 13.9. The average Bonchev–Trinajstić information content (AvgIpc) is 3.42. The number of hydrogen-bond donors (Lipinski definition) is 0. The molecule has 0 saturated carbocycles. The van der Waals surface area contributed by atoms with E-state index in [1.165, 1.54) is 0 Å². The Balaban J connectivity index is 1.69. The zero-order valence-corrected chi connectivity index (χ0v) is 18.6. The van der Waals surface area contributed by atoms with Crippen LogP contribution in [0, 0.1) is 0 Å². The van der Waals surface area contributed by atoms with Gasteiger partial charge in [-0.2, -0.15) is 10.2 Å². The highest BCUT2D eigenvalue weighted by Crippen LogP contribution is 2.35. The molecule has 1 amide bonds. The van der Waals surface area contributed by atoms with Gasteiger partial charge in [0.15, 0.2) is 0 Å². The molecule has 4 heterocycles. The first-order chi connectivity index (χ1) is 14.8. The predicted octanol–water partition coefficient (Wildman–Crippen LogP) is 3.32. The fourth-order valence-corrected chi connectivity index (χ4v) is 4.51. The van der Waals surface area contributed by atoms with E-state index in [0.717, 1.165) is 58.0 Å². The van der Waals surface area contributed by atoms with Crippen LogP contribution in [-0.4, -0.2) is 46.5 Å². The van der Waals surface area contributed by atoms with Gasteiger partial charge in [-0.1, -0.05) is 19.9 Å². The minimum Gasteiger partial charge on any atom is -0.335 e. The van der Waals surface area contributed by atoms with E-state index in [2.05, 4.69) is 41.7 Å². The molecule has 0 aliphatic carbocycles. The average molecular weight is 418 g/mol. The van der Waals surface area contributed by atoms with Crippen LogP contribution in [0.5, 0.6) is 0 Å². The Labute approximate surface area is 181 Å². The molecule has 4 aromatic rings. The van der Waals surface area contributed by atoms with Crippen molar-refractivity contribution < 1.29 is 4.79 Å². The van der Waals surface area contributed by atoms with E-state index in [1.807, 2.05) is 36.1 Å². The van der Waals surface area contributed by atoms with Crippen LogP contribution in [0.3, 0.4) is 0 Å². The standard InChI is InChI=1S/C23H27N7O/c1-14(2)23-25-22(20-13-29(15(3)31)8-9-30(20)23)16-6-7-19-18(10-16)21(26-28(19)5)17-11-24-27(4)12-17/h6-7,10-12,14H,8-9,13H2,1-5H3. The first kappa shape index (κ1) is 19.5. The van der Waals surface area contributed by atoms with Crippen LogP contribution in [0.15, 0.2) is 30.6 Å². The number of aromatic nitrogens is 6. The molecule has 8 nitrogen and oxygen atoms in total. The molecule has 3 aromatic heterocycles. The molecule has 1 aliphatic rings. The van der Waals surface area contributed by atoms with Gasteiger partial charge in [-0.3, -0.25) is 14.2 Å². The van der Waals surface area contributed by atoms with Crippen LogP contribution in [0.1, 0.15) is 38.2 Å². The Kier molecular flexibility index (Phi) is 4.46. The molecule has 0 N–H and O–H groups in total. The van der Waals surface area contributed by atoms with E-state index in [-0.39, 0.29) is 5.91 Å². The van der Waals surface area contributed by atoms with Gasteiger partial charge in [0, 0.05) is 62.7 Å². The molecule has 5 rings (SSSR count). The minimum absolute atomic E-state index is 0.103. The molecule has 0 radical (unpaired) electrons. The largest absolute Gasteiger partial charge is 0.335 e. The van der Waals surface area contributed by atoms with Crippen molar-refractivity contribution >= 4 is 16.8 Å². The van der Waals surface area contributed by atoms with E-state index in [4.69, 9.17) is 10.1 Å². The quantitative estimate of drug-likeness (QED) is 0.513. The minimum atomic E-state index is 0.103. The Bertz CT molecular complexity index is 1310. The molecule has 0 unspecified atom stereocenters. The Morgan fingerprint density at radius 3 is 2.58 bits per heavy atom. The van der Waals surface area contributed by atoms with Gasteiger partial charge in [-0.05, 0) is 12.1 Å². The molecule has 160 valence electrons. The van der Waals surface area contributed by atoms with Crippen LogP contribution in [0.2, 0.25) is 0 Å².